The number of sulfonamides is 1. The molecule has 2 aliphatic heterocycles. The highest BCUT2D eigenvalue weighted by Crippen LogP contribution is 2.54. The number of hydrogen-bond acceptors (Lipinski definition) is 7. The zero-order chi connectivity index (χ0) is 26.5. The lowest BCUT2D eigenvalue weighted by molar-refractivity contribution is -0.137. The smallest absolute Gasteiger partial charge is 0.365 e. The average molecular weight is 539 g/mol. The second-order valence-electron chi connectivity index (χ2n) is 9.97. The molecule has 2 aromatic rings. The third-order valence-corrected chi connectivity index (χ3v) is 8.62. The number of nitrogens with one attached hydrogen (secondary N) is 3. The molecule has 5 rings (SSSR count). The van der Waals surface area contributed by atoms with Crippen LogP contribution in [0, 0.1) is 0 Å². The standard InChI is InChI=1S/C24H29F3N6O3S/c1-13(34)29-18-5-3-4-6-19(18)31-22-17(24(25,26)27)12-28-23(32-22)30-14-7-8-15-16(11-14)21-10-9-20(15)33(21)37(2,35)36/h7-8,11-12,18-21H,3-6,9-10H2,1-2H3,(H,29,34)(H2,28,30,31,32)/t18-,19-,20?,21?/m1/s1. The van der Waals surface area contributed by atoms with Crippen molar-refractivity contribution in [3.8, 4) is 0 Å². The van der Waals surface area contributed by atoms with Crippen LogP contribution in [-0.2, 0) is 21.0 Å². The number of alkyl halides is 3. The summed E-state index contributed by atoms with van der Waals surface area (Å²) in [7, 11) is -3.38. The Morgan fingerprint density at radius 2 is 1.73 bits per heavy atom. The lowest BCUT2D eigenvalue weighted by Crippen LogP contribution is -2.48. The van der Waals surface area contributed by atoms with Gasteiger partial charge in [-0.15, -0.1) is 0 Å². The molecule has 3 N–H and O–H groups in total. The van der Waals surface area contributed by atoms with Gasteiger partial charge in [0.15, 0.2) is 0 Å². The molecule has 3 aliphatic rings. The van der Waals surface area contributed by atoms with Gasteiger partial charge in [-0.25, -0.2) is 13.4 Å². The number of rotatable bonds is 6. The number of carbonyl (C=O) groups is 1. The summed E-state index contributed by atoms with van der Waals surface area (Å²) >= 11 is 0. The Kier molecular flexibility index (Phi) is 6.55. The first-order valence-corrected chi connectivity index (χ1v) is 14.1. The number of anilines is 3. The van der Waals surface area contributed by atoms with Crippen LogP contribution in [0.25, 0.3) is 0 Å². The van der Waals surface area contributed by atoms with Crippen molar-refractivity contribution in [1.82, 2.24) is 19.6 Å². The van der Waals surface area contributed by atoms with E-state index in [9.17, 15) is 26.4 Å². The van der Waals surface area contributed by atoms with E-state index in [4.69, 9.17) is 0 Å². The molecule has 3 heterocycles. The maximum Gasteiger partial charge on any atom is 0.421 e. The fourth-order valence-corrected chi connectivity index (χ4v) is 7.24. The lowest BCUT2D eigenvalue weighted by atomic mass is 9.90. The van der Waals surface area contributed by atoms with Crippen molar-refractivity contribution in [1.29, 1.82) is 0 Å². The van der Waals surface area contributed by atoms with Crippen LogP contribution in [0.15, 0.2) is 24.4 Å². The summed E-state index contributed by atoms with van der Waals surface area (Å²) in [6.45, 7) is 1.39. The van der Waals surface area contributed by atoms with Crippen LogP contribution >= 0.6 is 0 Å². The van der Waals surface area contributed by atoms with Gasteiger partial charge in [-0.1, -0.05) is 18.9 Å². The predicted octanol–water partition coefficient (Wildman–Crippen LogP) is 4.25. The molecular weight excluding hydrogens is 509 g/mol. The minimum absolute atomic E-state index is 0.0227. The van der Waals surface area contributed by atoms with E-state index in [0.717, 1.165) is 43.0 Å². The SMILES string of the molecule is CC(=O)N[C@@H]1CCCC[C@H]1Nc1nc(Nc2ccc3c(c2)C2CCC3N2S(C)(=O)=O)ncc1C(F)(F)F. The maximum atomic E-state index is 13.8. The van der Waals surface area contributed by atoms with Gasteiger partial charge in [0, 0.05) is 30.9 Å². The summed E-state index contributed by atoms with van der Waals surface area (Å²) in [6.07, 6.45) is 1.73. The van der Waals surface area contributed by atoms with Gasteiger partial charge in [0.05, 0.1) is 18.3 Å². The quantitative estimate of drug-likeness (QED) is 0.504. The summed E-state index contributed by atoms with van der Waals surface area (Å²) in [5, 5.41) is 8.73. The second kappa shape index (κ2) is 9.43. The highest BCUT2D eigenvalue weighted by molar-refractivity contribution is 7.88. The molecule has 1 saturated heterocycles. The molecule has 13 heteroatoms. The molecular formula is C24H29F3N6O3S. The molecule has 0 radical (unpaired) electrons. The molecule has 200 valence electrons. The summed E-state index contributed by atoms with van der Waals surface area (Å²) in [4.78, 5) is 19.7. The normalized spacial score (nSPS) is 25.5. The van der Waals surface area contributed by atoms with Crippen LogP contribution in [-0.4, -0.2) is 46.9 Å². The minimum atomic E-state index is -4.67. The Balaban J connectivity index is 1.41. The summed E-state index contributed by atoms with van der Waals surface area (Å²) in [5.41, 5.74) is 1.40. The van der Waals surface area contributed by atoms with E-state index < -0.39 is 27.8 Å². The number of benzene rings is 1. The zero-order valence-corrected chi connectivity index (χ0v) is 21.3. The Bertz CT molecular complexity index is 1320. The number of amides is 1. The van der Waals surface area contributed by atoms with Gasteiger partial charge in [0.25, 0.3) is 0 Å². The molecule has 1 saturated carbocycles. The number of nitrogens with zero attached hydrogens (tertiary/aromatic N) is 3. The molecule has 4 atom stereocenters. The van der Waals surface area contributed by atoms with E-state index >= 15 is 0 Å². The van der Waals surface area contributed by atoms with Crippen molar-refractivity contribution < 1.29 is 26.4 Å². The number of fused-ring (bicyclic) bond motifs is 5. The van der Waals surface area contributed by atoms with Gasteiger partial charge in [0.1, 0.15) is 11.4 Å². The van der Waals surface area contributed by atoms with Crippen molar-refractivity contribution in [3.05, 3.63) is 41.1 Å². The van der Waals surface area contributed by atoms with Crippen LogP contribution in [0.5, 0.6) is 0 Å². The van der Waals surface area contributed by atoms with E-state index in [1.165, 1.54) is 17.5 Å². The molecule has 1 aromatic heterocycles. The molecule has 37 heavy (non-hydrogen) atoms. The second-order valence-corrected chi connectivity index (χ2v) is 11.9. The Morgan fingerprint density at radius 3 is 2.38 bits per heavy atom. The van der Waals surface area contributed by atoms with Gasteiger partial charge in [-0.2, -0.15) is 22.5 Å². The van der Waals surface area contributed by atoms with Gasteiger partial charge < -0.3 is 16.0 Å². The van der Waals surface area contributed by atoms with E-state index in [2.05, 4.69) is 25.9 Å². The first-order chi connectivity index (χ1) is 17.4. The molecule has 0 spiro atoms. The van der Waals surface area contributed by atoms with Crippen LogP contribution in [0.4, 0.5) is 30.6 Å². The number of aromatic nitrogens is 2. The van der Waals surface area contributed by atoms with Crippen LogP contribution in [0.1, 0.15) is 74.2 Å². The Hall–Kier alpha value is -2.93. The van der Waals surface area contributed by atoms with Gasteiger partial charge in [-0.05, 0) is 48.9 Å². The maximum absolute atomic E-state index is 13.8. The molecule has 9 nitrogen and oxygen atoms in total. The van der Waals surface area contributed by atoms with E-state index in [0.29, 0.717) is 18.5 Å². The molecule has 2 bridgehead atoms. The Labute approximate surface area is 213 Å². The minimum Gasteiger partial charge on any atom is -0.365 e. The van der Waals surface area contributed by atoms with Crippen molar-refractivity contribution >= 4 is 33.4 Å². The third-order valence-electron chi connectivity index (χ3n) is 7.34. The van der Waals surface area contributed by atoms with E-state index in [1.54, 1.807) is 6.07 Å². The van der Waals surface area contributed by atoms with Crippen LogP contribution in [0.3, 0.4) is 0 Å². The first-order valence-electron chi connectivity index (χ1n) is 12.3. The van der Waals surface area contributed by atoms with E-state index in [-0.39, 0.29) is 35.8 Å². The first kappa shape index (κ1) is 25.7. The highest BCUT2D eigenvalue weighted by atomic mass is 32.2. The highest BCUT2D eigenvalue weighted by Gasteiger charge is 2.48. The zero-order valence-electron chi connectivity index (χ0n) is 20.5. The van der Waals surface area contributed by atoms with Crippen molar-refractivity contribution in [3.63, 3.8) is 0 Å². The van der Waals surface area contributed by atoms with Gasteiger partial charge in [-0.3, -0.25) is 4.79 Å². The predicted molar refractivity (Wildman–Crippen MR) is 132 cm³/mol. The van der Waals surface area contributed by atoms with Gasteiger partial charge in [0.2, 0.25) is 21.9 Å². The molecule has 1 aromatic carbocycles. The number of hydrogen-bond donors (Lipinski definition) is 3. The Morgan fingerprint density at radius 1 is 1.05 bits per heavy atom. The average Bonchev–Trinajstić information content (AvgIpc) is 3.37. The fourth-order valence-electron chi connectivity index (χ4n) is 5.88. The number of carbonyl (C=O) groups excluding carboxylic acids is 1. The monoisotopic (exact) mass is 538 g/mol. The lowest BCUT2D eigenvalue weighted by Gasteiger charge is -2.33. The molecule has 2 unspecified atom stereocenters. The third kappa shape index (κ3) is 5.11. The van der Waals surface area contributed by atoms with Gasteiger partial charge >= 0.3 is 6.18 Å². The van der Waals surface area contributed by atoms with Crippen LogP contribution < -0.4 is 16.0 Å². The van der Waals surface area contributed by atoms with Crippen LogP contribution in [0.2, 0.25) is 0 Å². The summed E-state index contributed by atoms with van der Waals surface area (Å²) in [6, 6.07) is 4.28. The van der Waals surface area contributed by atoms with Crippen molar-refractivity contribution in [2.75, 3.05) is 16.9 Å². The molecule has 1 amide bonds. The summed E-state index contributed by atoms with van der Waals surface area (Å²) in [5.74, 6) is -0.610. The van der Waals surface area contributed by atoms with Crippen molar-refractivity contribution in [2.24, 2.45) is 0 Å². The fraction of sp³-hybridized carbons (Fsp3) is 0.542. The molecule has 1 aliphatic carbocycles. The number of halogens is 3. The topological polar surface area (TPSA) is 116 Å². The van der Waals surface area contributed by atoms with E-state index in [1.807, 2.05) is 12.1 Å². The van der Waals surface area contributed by atoms with Crippen molar-refractivity contribution in [2.45, 2.75) is 75.8 Å². The largest absolute Gasteiger partial charge is 0.421 e. The summed E-state index contributed by atoms with van der Waals surface area (Å²) < 4.78 is 67.5. The molecule has 2 fully saturated rings.